The van der Waals surface area contributed by atoms with E-state index in [1.165, 1.54) is 16.4 Å². The maximum atomic E-state index is 12.5. The summed E-state index contributed by atoms with van der Waals surface area (Å²) in [6.07, 6.45) is 1.76. The van der Waals surface area contributed by atoms with E-state index in [0.717, 1.165) is 18.4 Å². The van der Waals surface area contributed by atoms with Crippen molar-refractivity contribution in [2.45, 2.75) is 37.6 Å². The number of benzene rings is 2. The average molecular weight is 405 g/mol. The molecule has 0 aliphatic heterocycles. The molecular weight excluding hydrogens is 374 g/mol. The largest absolute Gasteiger partial charge is 0.333 e. The van der Waals surface area contributed by atoms with Gasteiger partial charge in [-0.25, -0.2) is 12.7 Å². The maximum absolute atomic E-state index is 12.5. The summed E-state index contributed by atoms with van der Waals surface area (Å²) in [5, 5.41) is 4.78. The fraction of sp³-hybridized carbons (Fsp3) is 0.381. The molecule has 1 amide bonds. The first-order valence-electron chi connectivity index (χ1n) is 9.59. The Morgan fingerprint density at radius 3 is 2.36 bits per heavy atom. The molecule has 2 aromatic rings. The fourth-order valence-electron chi connectivity index (χ4n) is 2.78. The molecule has 0 bridgehead atoms. The lowest BCUT2D eigenvalue weighted by Gasteiger charge is -2.17. The first kappa shape index (κ1) is 22.1. The summed E-state index contributed by atoms with van der Waals surface area (Å²) < 4.78 is 26.4. The Balaban J connectivity index is 1.90. The van der Waals surface area contributed by atoms with Crippen molar-refractivity contribution in [3.05, 3.63) is 60.2 Å². The van der Waals surface area contributed by atoms with E-state index < -0.39 is 10.0 Å². The van der Waals surface area contributed by atoms with E-state index in [2.05, 4.69) is 12.2 Å². The molecule has 0 aromatic heterocycles. The molecule has 0 aliphatic rings. The number of quaternary nitrogens is 1. The number of nitrogens with two attached hydrogens (primary N) is 1. The molecule has 0 saturated carbocycles. The molecule has 0 fully saturated rings. The standard InChI is InChI=1S/C21H29N3O3S/c1-4-5-15-24(3)28(26,27)20-13-11-19(12-14-20)23-21(25)16-22-17(2)18-9-7-6-8-10-18/h6-14,17,22H,4-5,15-16H2,1-3H3,(H,23,25)/p+1/t17-/m1/s1. The SMILES string of the molecule is CCCCN(C)S(=O)(=O)c1ccc(NC(=O)C[NH2+][C@H](C)c2ccccc2)cc1. The highest BCUT2D eigenvalue weighted by atomic mass is 32.2. The number of rotatable bonds is 10. The minimum Gasteiger partial charge on any atom is -0.333 e. The molecule has 28 heavy (non-hydrogen) atoms. The van der Waals surface area contributed by atoms with E-state index in [1.807, 2.05) is 42.6 Å². The number of nitrogens with one attached hydrogen (secondary N) is 1. The first-order valence-corrected chi connectivity index (χ1v) is 11.0. The van der Waals surface area contributed by atoms with Gasteiger partial charge in [-0.2, -0.15) is 0 Å². The quantitative estimate of drug-likeness (QED) is 0.638. The van der Waals surface area contributed by atoms with Crippen molar-refractivity contribution in [2.24, 2.45) is 0 Å². The van der Waals surface area contributed by atoms with Crippen LogP contribution < -0.4 is 10.6 Å². The van der Waals surface area contributed by atoms with Crippen LogP contribution in [0.25, 0.3) is 0 Å². The summed E-state index contributed by atoms with van der Waals surface area (Å²) in [6, 6.07) is 16.5. The summed E-state index contributed by atoms with van der Waals surface area (Å²) in [7, 11) is -1.91. The molecule has 1 atom stereocenters. The van der Waals surface area contributed by atoms with Crippen LogP contribution in [0.15, 0.2) is 59.5 Å². The number of nitrogens with zero attached hydrogens (tertiary/aromatic N) is 1. The Morgan fingerprint density at radius 2 is 1.75 bits per heavy atom. The minimum atomic E-state index is -3.49. The van der Waals surface area contributed by atoms with Crippen LogP contribution in [0, 0.1) is 0 Å². The van der Waals surface area contributed by atoms with Crippen molar-refractivity contribution in [1.82, 2.24) is 4.31 Å². The van der Waals surface area contributed by atoms with Gasteiger partial charge in [0.2, 0.25) is 10.0 Å². The molecule has 0 radical (unpaired) electrons. The topological polar surface area (TPSA) is 83.1 Å². The molecule has 152 valence electrons. The van der Waals surface area contributed by atoms with E-state index in [0.29, 0.717) is 12.2 Å². The summed E-state index contributed by atoms with van der Waals surface area (Å²) in [5.41, 5.74) is 1.75. The molecule has 0 saturated heterocycles. The summed E-state index contributed by atoms with van der Waals surface area (Å²) in [5.74, 6) is -0.126. The predicted molar refractivity (Wildman–Crippen MR) is 111 cm³/mol. The van der Waals surface area contributed by atoms with E-state index in [1.54, 1.807) is 19.2 Å². The second-order valence-corrected chi connectivity index (χ2v) is 8.94. The lowest BCUT2D eigenvalue weighted by molar-refractivity contribution is -0.682. The summed E-state index contributed by atoms with van der Waals surface area (Å²) in [6.45, 7) is 4.86. The van der Waals surface area contributed by atoms with Gasteiger partial charge < -0.3 is 10.6 Å². The van der Waals surface area contributed by atoms with Crippen LogP contribution in [0.3, 0.4) is 0 Å². The highest BCUT2D eigenvalue weighted by molar-refractivity contribution is 7.89. The molecular formula is C21H30N3O3S+. The van der Waals surface area contributed by atoms with Crippen molar-refractivity contribution in [3.8, 4) is 0 Å². The predicted octanol–water partition coefficient (Wildman–Crippen LogP) is 2.37. The van der Waals surface area contributed by atoms with Gasteiger partial charge in [0.1, 0.15) is 6.04 Å². The highest BCUT2D eigenvalue weighted by Crippen LogP contribution is 2.18. The van der Waals surface area contributed by atoms with E-state index in [-0.39, 0.29) is 23.4 Å². The zero-order valence-electron chi connectivity index (χ0n) is 16.8. The first-order chi connectivity index (χ1) is 13.3. The van der Waals surface area contributed by atoms with Crippen LogP contribution >= 0.6 is 0 Å². The molecule has 0 heterocycles. The van der Waals surface area contributed by atoms with Gasteiger partial charge in [-0.3, -0.25) is 4.79 Å². The van der Waals surface area contributed by atoms with Gasteiger partial charge in [0, 0.05) is 24.8 Å². The van der Waals surface area contributed by atoms with E-state index in [4.69, 9.17) is 0 Å². The fourth-order valence-corrected chi connectivity index (χ4v) is 3.99. The third kappa shape index (κ3) is 6.15. The van der Waals surface area contributed by atoms with Crippen LogP contribution in [-0.2, 0) is 14.8 Å². The highest BCUT2D eigenvalue weighted by Gasteiger charge is 2.20. The normalized spacial score (nSPS) is 12.7. The average Bonchev–Trinajstić information content (AvgIpc) is 2.71. The van der Waals surface area contributed by atoms with Crippen LogP contribution in [0.5, 0.6) is 0 Å². The van der Waals surface area contributed by atoms with Gasteiger partial charge in [-0.15, -0.1) is 0 Å². The lowest BCUT2D eigenvalue weighted by atomic mass is 10.1. The summed E-state index contributed by atoms with van der Waals surface area (Å²) in [4.78, 5) is 12.4. The molecule has 0 unspecified atom stereocenters. The molecule has 7 heteroatoms. The number of hydrogen-bond donors (Lipinski definition) is 2. The third-order valence-electron chi connectivity index (χ3n) is 4.65. The van der Waals surface area contributed by atoms with Crippen molar-refractivity contribution in [2.75, 3.05) is 25.5 Å². The van der Waals surface area contributed by atoms with Crippen molar-refractivity contribution in [3.63, 3.8) is 0 Å². The van der Waals surface area contributed by atoms with E-state index >= 15 is 0 Å². The monoisotopic (exact) mass is 404 g/mol. The number of sulfonamides is 1. The zero-order valence-corrected chi connectivity index (χ0v) is 17.6. The Bertz CT molecular complexity index is 852. The van der Waals surface area contributed by atoms with Crippen LogP contribution in [0.4, 0.5) is 5.69 Å². The molecule has 3 N–H and O–H groups in total. The Hall–Kier alpha value is -2.22. The van der Waals surface area contributed by atoms with Gasteiger partial charge in [-0.1, -0.05) is 43.7 Å². The number of carbonyl (C=O) groups excluding carboxylic acids is 1. The maximum Gasteiger partial charge on any atom is 0.279 e. The van der Waals surface area contributed by atoms with Crippen molar-refractivity contribution in [1.29, 1.82) is 0 Å². The summed E-state index contributed by atoms with van der Waals surface area (Å²) >= 11 is 0. The number of unbranched alkanes of at least 4 members (excludes halogenated alkanes) is 1. The van der Waals surface area contributed by atoms with Gasteiger partial charge in [-0.05, 0) is 37.6 Å². The van der Waals surface area contributed by atoms with Gasteiger partial charge >= 0.3 is 0 Å². The second kappa shape index (κ2) is 10.4. The smallest absolute Gasteiger partial charge is 0.279 e. The van der Waals surface area contributed by atoms with Gasteiger partial charge in [0.15, 0.2) is 6.54 Å². The second-order valence-electron chi connectivity index (χ2n) is 6.89. The van der Waals surface area contributed by atoms with Crippen molar-refractivity contribution >= 4 is 21.6 Å². The zero-order chi connectivity index (χ0) is 20.6. The van der Waals surface area contributed by atoms with E-state index in [9.17, 15) is 13.2 Å². The number of amides is 1. The minimum absolute atomic E-state index is 0.126. The molecule has 2 rings (SSSR count). The Labute approximate surface area is 168 Å². The molecule has 6 nitrogen and oxygen atoms in total. The molecule has 0 aliphatic carbocycles. The molecule has 0 spiro atoms. The third-order valence-corrected chi connectivity index (χ3v) is 6.53. The van der Waals surface area contributed by atoms with Gasteiger partial charge in [0.25, 0.3) is 5.91 Å². The Kier molecular flexibility index (Phi) is 8.17. The van der Waals surface area contributed by atoms with Crippen LogP contribution in [-0.4, -0.2) is 38.8 Å². The number of carbonyl (C=O) groups is 1. The lowest BCUT2D eigenvalue weighted by Crippen LogP contribution is -2.86. The number of hydrogen-bond acceptors (Lipinski definition) is 3. The Morgan fingerprint density at radius 1 is 1.11 bits per heavy atom. The van der Waals surface area contributed by atoms with Crippen LogP contribution in [0.1, 0.15) is 38.3 Å². The molecule has 2 aromatic carbocycles. The van der Waals surface area contributed by atoms with Crippen LogP contribution in [0.2, 0.25) is 0 Å². The van der Waals surface area contributed by atoms with Crippen molar-refractivity contribution < 1.29 is 18.5 Å². The number of anilines is 1. The van der Waals surface area contributed by atoms with Gasteiger partial charge in [0.05, 0.1) is 4.90 Å².